The van der Waals surface area contributed by atoms with Gasteiger partial charge in [-0.25, -0.2) is 0 Å². The monoisotopic (exact) mass is 347 g/mol. The van der Waals surface area contributed by atoms with Crippen LogP contribution >= 0.6 is 0 Å². The molecule has 3 aromatic carbocycles. The van der Waals surface area contributed by atoms with Crippen molar-refractivity contribution in [3.05, 3.63) is 90.0 Å². The van der Waals surface area contributed by atoms with Gasteiger partial charge < -0.3 is 0 Å². The lowest BCUT2D eigenvalue weighted by atomic mass is 9.97. The van der Waals surface area contributed by atoms with Crippen LogP contribution in [0.25, 0.3) is 11.1 Å². The smallest absolute Gasteiger partial charge is 0.0542 e. The first-order valence-corrected chi connectivity index (χ1v) is 9.95. The third-order valence-electron chi connectivity index (χ3n) is 4.71. The lowest BCUT2D eigenvalue weighted by Gasteiger charge is -2.20. The normalized spacial score (nSPS) is 15.0. The second-order valence-corrected chi connectivity index (χ2v) is 7.96. The van der Waals surface area contributed by atoms with Crippen LogP contribution < -0.4 is 0 Å². The van der Waals surface area contributed by atoms with Gasteiger partial charge in [0.1, 0.15) is 0 Å². The van der Waals surface area contributed by atoms with Crippen molar-refractivity contribution in [3.63, 3.8) is 0 Å². The Kier molecular flexibility index (Phi) is 4.77. The van der Waals surface area contributed by atoms with E-state index in [0.717, 1.165) is 24.5 Å². The molecule has 0 fully saturated rings. The van der Waals surface area contributed by atoms with E-state index in [0.29, 0.717) is 5.75 Å². The molecule has 0 bridgehead atoms. The van der Waals surface area contributed by atoms with Crippen LogP contribution in [0.15, 0.2) is 83.8 Å². The van der Waals surface area contributed by atoms with Crippen molar-refractivity contribution in [3.8, 4) is 11.1 Å². The molecule has 0 aromatic heterocycles. The highest BCUT2D eigenvalue weighted by atomic mass is 32.2. The third kappa shape index (κ3) is 3.58. The first-order chi connectivity index (χ1) is 12.3. The second kappa shape index (κ2) is 7.34. The molecule has 0 saturated heterocycles. The number of hydrogen-bond acceptors (Lipinski definition) is 2. The maximum atomic E-state index is 12.5. The molecular weight excluding hydrogens is 326 g/mol. The van der Waals surface area contributed by atoms with Crippen molar-refractivity contribution in [1.82, 2.24) is 4.90 Å². The summed E-state index contributed by atoms with van der Waals surface area (Å²) in [5, 5.41) is 0. The largest absolute Gasteiger partial charge is 0.294 e. The van der Waals surface area contributed by atoms with Crippen LogP contribution in [0.2, 0.25) is 0 Å². The van der Waals surface area contributed by atoms with Crippen LogP contribution in [0.1, 0.15) is 11.1 Å². The molecule has 3 aromatic rings. The number of benzene rings is 3. The van der Waals surface area contributed by atoms with Gasteiger partial charge in [0.05, 0.1) is 10.8 Å². The quantitative estimate of drug-likeness (QED) is 0.694. The lowest BCUT2D eigenvalue weighted by molar-refractivity contribution is 0.276. The number of rotatable bonds is 4. The first kappa shape index (κ1) is 16.2. The van der Waals surface area contributed by atoms with Crippen molar-refractivity contribution < 1.29 is 4.21 Å². The average molecular weight is 347 g/mol. The minimum Gasteiger partial charge on any atom is -0.294 e. The van der Waals surface area contributed by atoms with E-state index < -0.39 is 10.8 Å². The van der Waals surface area contributed by atoms with Crippen LogP contribution in [0.3, 0.4) is 0 Å². The van der Waals surface area contributed by atoms with Crippen LogP contribution in [-0.2, 0) is 23.9 Å². The molecule has 25 heavy (non-hydrogen) atoms. The van der Waals surface area contributed by atoms with E-state index in [2.05, 4.69) is 53.4 Å². The van der Waals surface area contributed by atoms with E-state index >= 15 is 0 Å². The van der Waals surface area contributed by atoms with Gasteiger partial charge >= 0.3 is 0 Å². The van der Waals surface area contributed by atoms with Crippen molar-refractivity contribution in [2.24, 2.45) is 0 Å². The Morgan fingerprint density at radius 2 is 1.24 bits per heavy atom. The van der Waals surface area contributed by atoms with Crippen molar-refractivity contribution in [2.45, 2.75) is 18.0 Å². The number of nitrogens with zero attached hydrogens (tertiary/aromatic N) is 1. The molecule has 1 unspecified atom stereocenters. The highest BCUT2D eigenvalue weighted by Gasteiger charge is 2.19. The first-order valence-electron chi connectivity index (χ1n) is 8.63. The van der Waals surface area contributed by atoms with Crippen molar-refractivity contribution >= 4 is 10.8 Å². The highest BCUT2D eigenvalue weighted by molar-refractivity contribution is 7.85. The molecule has 0 saturated carbocycles. The summed E-state index contributed by atoms with van der Waals surface area (Å²) in [6.45, 7) is 2.62. The Hall–Kier alpha value is -2.23. The zero-order chi connectivity index (χ0) is 17.1. The topological polar surface area (TPSA) is 20.3 Å². The van der Waals surface area contributed by atoms with Gasteiger partial charge in [0.25, 0.3) is 0 Å². The standard InChI is InChI=1S/C22H21NOS/c24-25(20-10-2-1-3-11-20)15-14-23-16-18-8-4-6-12-21(18)22-13-7-5-9-19(22)17-23/h1-13H,14-17H2. The number of hydrogen-bond donors (Lipinski definition) is 0. The van der Waals surface area contributed by atoms with Crippen LogP contribution in [0.5, 0.6) is 0 Å². The maximum Gasteiger partial charge on any atom is 0.0542 e. The molecule has 0 aliphatic carbocycles. The molecule has 2 nitrogen and oxygen atoms in total. The Balaban J connectivity index is 1.56. The Morgan fingerprint density at radius 1 is 0.720 bits per heavy atom. The van der Waals surface area contributed by atoms with Crippen LogP contribution in [0.4, 0.5) is 0 Å². The fourth-order valence-corrected chi connectivity index (χ4v) is 4.56. The van der Waals surface area contributed by atoms with Crippen molar-refractivity contribution in [1.29, 1.82) is 0 Å². The summed E-state index contributed by atoms with van der Waals surface area (Å²) < 4.78 is 12.5. The zero-order valence-corrected chi connectivity index (χ0v) is 14.9. The average Bonchev–Trinajstić information content (AvgIpc) is 2.83. The molecule has 1 aliphatic heterocycles. The molecule has 1 heterocycles. The van der Waals surface area contributed by atoms with Gasteiger partial charge in [-0.15, -0.1) is 0 Å². The summed E-state index contributed by atoms with van der Waals surface area (Å²) in [5.74, 6) is 0.661. The SMILES string of the molecule is O=S(CCN1Cc2ccccc2-c2ccccc2C1)c1ccccc1. The van der Waals surface area contributed by atoms with Gasteiger partial charge in [-0.3, -0.25) is 9.11 Å². The van der Waals surface area contributed by atoms with E-state index in [-0.39, 0.29) is 0 Å². The second-order valence-electron chi connectivity index (χ2n) is 6.39. The van der Waals surface area contributed by atoms with E-state index in [1.165, 1.54) is 22.3 Å². The van der Waals surface area contributed by atoms with E-state index in [9.17, 15) is 4.21 Å². The van der Waals surface area contributed by atoms with Gasteiger partial charge in [-0.1, -0.05) is 66.7 Å². The summed E-state index contributed by atoms with van der Waals surface area (Å²) >= 11 is 0. The van der Waals surface area contributed by atoms with E-state index in [4.69, 9.17) is 0 Å². The predicted molar refractivity (Wildman–Crippen MR) is 104 cm³/mol. The fourth-order valence-electron chi connectivity index (χ4n) is 3.44. The molecule has 3 heteroatoms. The minimum atomic E-state index is -0.948. The predicted octanol–water partition coefficient (Wildman–Crippen LogP) is 4.48. The fraction of sp³-hybridized carbons (Fsp3) is 0.182. The zero-order valence-electron chi connectivity index (χ0n) is 14.1. The summed E-state index contributed by atoms with van der Waals surface area (Å²) in [6.07, 6.45) is 0. The van der Waals surface area contributed by atoms with E-state index in [1.54, 1.807) is 0 Å². The number of fused-ring (bicyclic) bond motifs is 3. The van der Waals surface area contributed by atoms with E-state index in [1.807, 2.05) is 30.3 Å². The van der Waals surface area contributed by atoms with Gasteiger partial charge in [-0.05, 0) is 34.4 Å². The molecule has 0 amide bonds. The lowest BCUT2D eigenvalue weighted by Crippen LogP contribution is -2.26. The Bertz CT molecular complexity index is 844. The molecule has 126 valence electrons. The summed E-state index contributed by atoms with van der Waals surface area (Å²) in [7, 11) is -0.948. The van der Waals surface area contributed by atoms with Gasteiger partial charge in [0.15, 0.2) is 0 Å². The maximum absolute atomic E-state index is 12.5. The molecule has 4 rings (SSSR count). The molecule has 1 aliphatic rings. The Morgan fingerprint density at radius 3 is 1.84 bits per heavy atom. The molecule has 0 spiro atoms. The van der Waals surface area contributed by atoms with Crippen LogP contribution in [-0.4, -0.2) is 21.4 Å². The Labute approximate surface area is 151 Å². The summed E-state index contributed by atoms with van der Waals surface area (Å²) in [4.78, 5) is 3.32. The molecule has 1 atom stereocenters. The highest BCUT2D eigenvalue weighted by Crippen LogP contribution is 2.32. The van der Waals surface area contributed by atoms with Gasteiger partial charge in [0.2, 0.25) is 0 Å². The molecule has 0 radical (unpaired) electrons. The van der Waals surface area contributed by atoms with Gasteiger partial charge in [0, 0.05) is 30.3 Å². The van der Waals surface area contributed by atoms with Crippen molar-refractivity contribution in [2.75, 3.05) is 12.3 Å². The summed E-state index contributed by atoms with van der Waals surface area (Å²) in [6, 6.07) is 27.0. The third-order valence-corrected chi connectivity index (χ3v) is 6.06. The minimum absolute atomic E-state index is 0.661. The molecular formula is C22H21NOS. The van der Waals surface area contributed by atoms with Gasteiger partial charge in [-0.2, -0.15) is 0 Å². The summed E-state index contributed by atoms with van der Waals surface area (Å²) in [5.41, 5.74) is 5.34. The molecule has 0 N–H and O–H groups in total. The van der Waals surface area contributed by atoms with Crippen LogP contribution in [0, 0.1) is 0 Å².